The standard InChI is InChI=1S/C32H28N4O2/c1-13-9-17-25-19(31(37)35(7)29(17)33-5)12-16(4)24-22-14(2)10-18-26-20(32(38)36(8)30(18)34-6)11-15(3)23(28(22)26)21(13)27(24)25/h9-12H,1-8H3/b33-29-,34-30-. The van der Waals surface area contributed by atoms with Crippen LogP contribution >= 0.6 is 0 Å². The average molecular weight is 501 g/mol. The second kappa shape index (κ2) is 7.16. The predicted molar refractivity (Wildman–Crippen MR) is 156 cm³/mol. The molecule has 0 saturated carbocycles. The van der Waals surface area contributed by atoms with E-state index in [0.29, 0.717) is 22.8 Å². The summed E-state index contributed by atoms with van der Waals surface area (Å²) in [5.41, 5.74) is 7.78. The van der Waals surface area contributed by atoms with Gasteiger partial charge in [0.05, 0.1) is 0 Å². The number of carbonyl (C=O) groups is 2. The van der Waals surface area contributed by atoms with E-state index in [1.54, 1.807) is 38.0 Å². The Morgan fingerprint density at radius 1 is 0.474 bits per heavy atom. The smallest absolute Gasteiger partial charge is 0.259 e. The molecule has 0 radical (unpaired) electrons. The van der Waals surface area contributed by atoms with Crippen LogP contribution < -0.4 is 0 Å². The van der Waals surface area contributed by atoms with Crippen LogP contribution in [-0.4, -0.2) is 61.5 Å². The maximum absolute atomic E-state index is 13.6. The van der Waals surface area contributed by atoms with Gasteiger partial charge in [-0.1, -0.05) is 0 Å². The topological polar surface area (TPSA) is 65.3 Å². The van der Waals surface area contributed by atoms with Crippen LogP contribution in [0.25, 0.3) is 43.1 Å². The SMILES string of the molecule is C/N=C1/c2cc(C)c3c4c(C)cc5c6c(cc(C)c(c7c(C)cc(c2c73)C(=O)N1C)c64)/C(=N/C)N(C)C5=O. The van der Waals surface area contributed by atoms with Crippen LogP contribution in [0, 0.1) is 27.7 Å². The van der Waals surface area contributed by atoms with E-state index in [4.69, 9.17) is 0 Å². The molecule has 0 bridgehead atoms. The molecule has 0 atom stereocenters. The van der Waals surface area contributed by atoms with Crippen LogP contribution in [0.1, 0.15) is 54.1 Å². The minimum absolute atomic E-state index is 0.0375. The van der Waals surface area contributed by atoms with Crippen LogP contribution in [0.4, 0.5) is 0 Å². The van der Waals surface area contributed by atoms with E-state index < -0.39 is 0 Å². The first kappa shape index (κ1) is 22.8. The molecular formula is C32H28N4O2. The van der Waals surface area contributed by atoms with E-state index in [9.17, 15) is 9.59 Å². The summed E-state index contributed by atoms with van der Waals surface area (Å²) in [5, 5.41) is 8.75. The van der Waals surface area contributed by atoms with Crippen molar-refractivity contribution in [1.29, 1.82) is 0 Å². The van der Waals surface area contributed by atoms with Gasteiger partial charge in [-0.05, 0) is 107 Å². The van der Waals surface area contributed by atoms with E-state index in [1.165, 1.54) is 0 Å². The lowest BCUT2D eigenvalue weighted by Gasteiger charge is -2.32. The van der Waals surface area contributed by atoms with Crippen LogP contribution in [0.3, 0.4) is 0 Å². The number of benzene rings is 5. The lowest BCUT2D eigenvalue weighted by molar-refractivity contribution is 0.0862. The molecule has 38 heavy (non-hydrogen) atoms. The molecule has 2 aliphatic rings. The molecule has 0 unspecified atom stereocenters. The summed E-state index contributed by atoms with van der Waals surface area (Å²) in [6.07, 6.45) is 0. The van der Waals surface area contributed by atoms with Crippen molar-refractivity contribution >= 4 is 66.6 Å². The van der Waals surface area contributed by atoms with Crippen molar-refractivity contribution in [1.82, 2.24) is 9.80 Å². The minimum atomic E-state index is -0.0375. The van der Waals surface area contributed by atoms with Crippen molar-refractivity contribution < 1.29 is 9.59 Å². The molecule has 2 amide bonds. The van der Waals surface area contributed by atoms with Gasteiger partial charge in [0.2, 0.25) is 0 Å². The fourth-order valence-corrected chi connectivity index (χ4v) is 7.25. The second-order valence-electron chi connectivity index (χ2n) is 10.8. The summed E-state index contributed by atoms with van der Waals surface area (Å²) in [4.78, 5) is 39.5. The average Bonchev–Trinajstić information content (AvgIpc) is 2.88. The Bertz CT molecular complexity index is 1880. The number of rotatable bonds is 0. The number of amides is 2. The highest BCUT2D eigenvalue weighted by molar-refractivity contribution is 6.43. The largest absolute Gasteiger partial charge is 0.296 e. The number of amidine groups is 2. The van der Waals surface area contributed by atoms with Crippen molar-refractivity contribution in [2.75, 3.05) is 28.2 Å². The number of hydrogen-bond donors (Lipinski definition) is 0. The highest BCUT2D eigenvalue weighted by Gasteiger charge is 2.35. The van der Waals surface area contributed by atoms with Crippen molar-refractivity contribution in [3.63, 3.8) is 0 Å². The Morgan fingerprint density at radius 3 is 1.05 bits per heavy atom. The molecule has 5 aromatic carbocycles. The number of aliphatic imine (C=N–C) groups is 2. The van der Waals surface area contributed by atoms with Gasteiger partial charge in [0, 0.05) is 61.2 Å². The molecule has 0 aliphatic carbocycles. The predicted octanol–water partition coefficient (Wildman–Crippen LogP) is 5.89. The lowest BCUT2D eigenvalue weighted by Crippen LogP contribution is -2.38. The lowest BCUT2D eigenvalue weighted by atomic mass is 9.77. The molecule has 6 heteroatoms. The molecule has 7 rings (SSSR count). The molecule has 0 fully saturated rings. The van der Waals surface area contributed by atoms with Gasteiger partial charge >= 0.3 is 0 Å². The van der Waals surface area contributed by atoms with Gasteiger partial charge in [0.15, 0.2) is 0 Å². The summed E-state index contributed by atoms with van der Waals surface area (Å²) in [7, 11) is 7.08. The maximum atomic E-state index is 13.6. The summed E-state index contributed by atoms with van der Waals surface area (Å²) in [6, 6.07) is 8.43. The van der Waals surface area contributed by atoms with E-state index in [0.717, 1.165) is 76.5 Å². The van der Waals surface area contributed by atoms with Crippen LogP contribution in [-0.2, 0) is 0 Å². The summed E-state index contributed by atoms with van der Waals surface area (Å²) < 4.78 is 0. The number of carbonyl (C=O) groups excluding carboxylic acids is 2. The molecule has 0 saturated heterocycles. The van der Waals surface area contributed by atoms with E-state index in [1.807, 2.05) is 12.1 Å². The van der Waals surface area contributed by atoms with Crippen molar-refractivity contribution in [3.8, 4) is 0 Å². The van der Waals surface area contributed by atoms with E-state index in [2.05, 4.69) is 49.8 Å². The number of aryl methyl sites for hydroxylation is 4. The van der Waals surface area contributed by atoms with Crippen molar-refractivity contribution in [2.45, 2.75) is 27.7 Å². The van der Waals surface area contributed by atoms with Crippen LogP contribution in [0.15, 0.2) is 34.3 Å². The molecule has 0 spiro atoms. The Balaban J connectivity index is 1.87. The zero-order valence-electron chi connectivity index (χ0n) is 22.9. The van der Waals surface area contributed by atoms with Crippen LogP contribution in [0.2, 0.25) is 0 Å². The monoisotopic (exact) mass is 500 g/mol. The molecule has 0 N–H and O–H groups in total. The normalized spacial score (nSPS) is 17.6. The van der Waals surface area contributed by atoms with Crippen molar-refractivity contribution in [3.05, 3.63) is 68.8 Å². The third-order valence-corrected chi connectivity index (χ3v) is 8.71. The molecule has 0 aromatic heterocycles. The van der Waals surface area contributed by atoms with Gasteiger partial charge in [-0.3, -0.25) is 29.4 Å². The number of hydrogen-bond acceptors (Lipinski definition) is 4. The van der Waals surface area contributed by atoms with Gasteiger partial charge in [-0.15, -0.1) is 0 Å². The fraction of sp³-hybridized carbons (Fsp3) is 0.250. The van der Waals surface area contributed by atoms with Crippen LogP contribution in [0.5, 0.6) is 0 Å². The van der Waals surface area contributed by atoms with Gasteiger partial charge in [-0.2, -0.15) is 0 Å². The Morgan fingerprint density at radius 2 is 0.763 bits per heavy atom. The quantitative estimate of drug-likeness (QED) is 0.196. The molecule has 5 aromatic rings. The number of nitrogens with zero attached hydrogens (tertiary/aromatic N) is 4. The first-order valence-electron chi connectivity index (χ1n) is 12.8. The first-order chi connectivity index (χ1) is 18.1. The van der Waals surface area contributed by atoms with Crippen molar-refractivity contribution in [2.24, 2.45) is 9.98 Å². The third-order valence-electron chi connectivity index (χ3n) is 8.71. The maximum Gasteiger partial charge on any atom is 0.259 e. The summed E-state index contributed by atoms with van der Waals surface area (Å²) >= 11 is 0. The van der Waals surface area contributed by atoms with E-state index >= 15 is 0 Å². The van der Waals surface area contributed by atoms with E-state index in [-0.39, 0.29) is 11.8 Å². The first-order valence-corrected chi connectivity index (χ1v) is 12.8. The zero-order valence-corrected chi connectivity index (χ0v) is 22.9. The molecule has 2 heterocycles. The Labute approximate surface area is 220 Å². The Kier molecular flexibility index (Phi) is 4.30. The second-order valence-corrected chi connectivity index (χ2v) is 10.8. The highest BCUT2D eigenvalue weighted by Crippen LogP contribution is 2.50. The van der Waals surface area contributed by atoms with Gasteiger partial charge in [0.1, 0.15) is 11.7 Å². The third kappa shape index (κ3) is 2.39. The highest BCUT2D eigenvalue weighted by atomic mass is 16.2. The molecule has 188 valence electrons. The minimum Gasteiger partial charge on any atom is -0.296 e. The zero-order chi connectivity index (χ0) is 26.9. The molecule has 6 nitrogen and oxygen atoms in total. The number of fused-ring (bicyclic) bond motifs is 2. The summed E-state index contributed by atoms with van der Waals surface area (Å²) in [5.74, 6) is 1.30. The summed E-state index contributed by atoms with van der Waals surface area (Å²) in [6.45, 7) is 8.48. The van der Waals surface area contributed by atoms with Gasteiger partial charge in [0.25, 0.3) is 11.8 Å². The fourth-order valence-electron chi connectivity index (χ4n) is 7.25. The Hall–Kier alpha value is -4.32. The van der Waals surface area contributed by atoms with Gasteiger partial charge in [-0.25, -0.2) is 0 Å². The van der Waals surface area contributed by atoms with Gasteiger partial charge < -0.3 is 0 Å². The molecular weight excluding hydrogens is 472 g/mol. The molecule has 2 aliphatic heterocycles.